The Balaban J connectivity index is 4.27. The first kappa shape index (κ1) is 54.9. The number of phosphoric acid groups is 1. The Bertz CT molecular complexity index is 1090. The predicted octanol–water partition coefficient (Wildman–Crippen LogP) is 12.1. The molecule has 0 rings (SSSR count). The van der Waals surface area contributed by atoms with Crippen molar-refractivity contribution < 1.29 is 47.8 Å². The topological polar surface area (TPSA) is 149 Å². The summed E-state index contributed by atoms with van der Waals surface area (Å²) in [5.74, 6) is -0.946. The number of hydrogen-bond donors (Lipinski definition) is 3. The number of ether oxygens (including phenoxy) is 2. The van der Waals surface area contributed by atoms with Crippen molar-refractivity contribution in [2.75, 3.05) is 26.4 Å². The van der Waals surface area contributed by atoms with Crippen LogP contribution in [0.3, 0.4) is 0 Å². The molecular weight excluding hydrogens is 743 g/mol. The first-order chi connectivity index (χ1) is 27.7. The van der Waals surface area contributed by atoms with E-state index in [4.69, 9.17) is 23.6 Å². The third-order valence-electron chi connectivity index (χ3n) is 9.47. The van der Waals surface area contributed by atoms with Gasteiger partial charge in [0.15, 0.2) is 6.10 Å². The number of carbonyl (C=O) groups excluding carboxylic acids is 2. The number of aliphatic hydroxyl groups is 2. The summed E-state index contributed by atoms with van der Waals surface area (Å²) in [6.07, 6.45) is 45.0. The highest BCUT2D eigenvalue weighted by molar-refractivity contribution is 7.47. The van der Waals surface area contributed by atoms with Crippen LogP contribution in [0.5, 0.6) is 0 Å². The van der Waals surface area contributed by atoms with Crippen LogP contribution in [-0.4, -0.2) is 65.7 Å². The molecule has 11 heteroatoms. The van der Waals surface area contributed by atoms with Crippen LogP contribution in [0, 0.1) is 0 Å². The van der Waals surface area contributed by atoms with Crippen molar-refractivity contribution in [3.05, 3.63) is 48.6 Å². The van der Waals surface area contributed by atoms with Crippen LogP contribution in [0.2, 0.25) is 0 Å². The minimum absolute atomic E-state index is 0.163. The van der Waals surface area contributed by atoms with Crippen LogP contribution in [0.15, 0.2) is 48.6 Å². The number of rotatable bonds is 42. The number of carbonyl (C=O) groups is 2. The standard InChI is InChI=1S/C46H83O10P/c1-3-5-7-9-11-13-15-17-19-20-21-22-24-25-27-29-31-33-35-37-45(49)53-41-44(42-55-57(51,52)54-40-43(48)39-47)56-46(50)38-36-34-32-30-28-26-23-18-16-14-12-10-8-6-4-2/h6,8,12,14,17-19,23,43-44,47-48H,3-5,7,9-11,13,15-16,20-22,24-42H2,1-2H3,(H,51,52)/b8-6+,14-12+,19-17+,23-18+/t43-,44+/m0/s1. The summed E-state index contributed by atoms with van der Waals surface area (Å²) in [7, 11) is -4.62. The van der Waals surface area contributed by atoms with E-state index < -0.39 is 51.8 Å². The summed E-state index contributed by atoms with van der Waals surface area (Å²) in [4.78, 5) is 35.0. The second-order valence-corrected chi connectivity index (χ2v) is 16.5. The SMILES string of the molecule is CC/C=C/C/C=C/C/C=C/CCCCCCCC(=O)O[C@H](COC(=O)CCCCCCCCCCC/C=C/CCCCCCCC)COP(=O)(O)OC[C@@H](O)CO. The second kappa shape index (κ2) is 42.1. The molecule has 10 nitrogen and oxygen atoms in total. The number of phosphoric ester groups is 1. The molecule has 0 aromatic rings. The summed E-state index contributed by atoms with van der Waals surface area (Å²) >= 11 is 0. The van der Waals surface area contributed by atoms with Crippen LogP contribution in [-0.2, 0) is 32.7 Å². The molecule has 3 atom stereocenters. The van der Waals surface area contributed by atoms with Gasteiger partial charge in [0.1, 0.15) is 12.7 Å². The zero-order valence-corrected chi connectivity index (χ0v) is 36.9. The molecule has 0 bridgehead atoms. The first-order valence-corrected chi connectivity index (χ1v) is 24.1. The van der Waals surface area contributed by atoms with Crippen LogP contribution < -0.4 is 0 Å². The summed E-state index contributed by atoms with van der Waals surface area (Å²) in [6, 6.07) is 0. The average Bonchev–Trinajstić information content (AvgIpc) is 3.20. The van der Waals surface area contributed by atoms with Crippen LogP contribution in [0.25, 0.3) is 0 Å². The molecule has 0 aliphatic carbocycles. The predicted molar refractivity (Wildman–Crippen MR) is 233 cm³/mol. The lowest BCUT2D eigenvalue weighted by Gasteiger charge is -2.20. The molecule has 3 N–H and O–H groups in total. The highest BCUT2D eigenvalue weighted by Gasteiger charge is 2.27. The van der Waals surface area contributed by atoms with E-state index >= 15 is 0 Å². The highest BCUT2D eigenvalue weighted by Crippen LogP contribution is 2.43. The van der Waals surface area contributed by atoms with Gasteiger partial charge in [-0.3, -0.25) is 18.6 Å². The molecule has 332 valence electrons. The van der Waals surface area contributed by atoms with Crippen molar-refractivity contribution in [1.29, 1.82) is 0 Å². The quantitative estimate of drug-likeness (QED) is 0.0235. The second-order valence-electron chi connectivity index (χ2n) is 15.0. The fourth-order valence-electron chi connectivity index (χ4n) is 6.00. The molecule has 0 heterocycles. The molecule has 0 aromatic carbocycles. The van der Waals surface area contributed by atoms with E-state index in [2.05, 4.69) is 62.5 Å². The minimum Gasteiger partial charge on any atom is -0.462 e. The molecule has 0 aromatic heterocycles. The number of unbranched alkanes of at least 4 members (excludes halogenated alkanes) is 20. The van der Waals surface area contributed by atoms with Gasteiger partial charge in [0.25, 0.3) is 0 Å². The Morgan fingerprint density at radius 3 is 1.47 bits per heavy atom. The van der Waals surface area contributed by atoms with Crippen molar-refractivity contribution in [3.63, 3.8) is 0 Å². The van der Waals surface area contributed by atoms with Crippen LogP contribution in [0.4, 0.5) is 0 Å². The molecule has 0 amide bonds. The van der Waals surface area contributed by atoms with Gasteiger partial charge in [0.05, 0.1) is 19.8 Å². The Labute approximate surface area is 347 Å². The maximum absolute atomic E-state index is 12.6. The Morgan fingerprint density at radius 1 is 0.544 bits per heavy atom. The van der Waals surface area contributed by atoms with Gasteiger partial charge in [-0.25, -0.2) is 4.57 Å². The molecule has 1 unspecified atom stereocenters. The van der Waals surface area contributed by atoms with Gasteiger partial charge in [-0.1, -0.05) is 159 Å². The zero-order chi connectivity index (χ0) is 41.9. The normalized spacial score (nSPS) is 14.3. The van der Waals surface area contributed by atoms with Crippen molar-refractivity contribution in [1.82, 2.24) is 0 Å². The zero-order valence-electron chi connectivity index (χ0n) is 36.0. The lowest BCUT2D eigenvalue weighted by molar-refractivity contribution is -0.161. The van der Waals surface area contributed by atoms with Crippen molar-refractivity contribution in [2.24, 2.45) is 0 Å². The number of esters is 2. The molecular formula is C46H83O10P. The fourth-order valence-corrected chi connectivity index (χ4v) is 6.79. The van der Waals surface area contributed by atoms with Crippen molar-refractivity contribution in [2.45, 2.75) is 206 Å². The van der Waals surface area contributed by atoms with Crippen LogP contribution >= 0.6 is 7.82 Å². The number of aliphatic hydroxyl groups excluding tert-OH is 2. The van der Waals surface area contributed by atoms with Gasteiger partial charge >= 0.3 is 19.8 Å². The van der Waals surface area contributed by atoms with Crippen LogP contribution in [0.1, 0.15) is 194 Å². The molecule has 0 fully saturated rings. The Kier molecular flexibility index (Phi) is 40.5. The van der Waals surface area contributed by atoms with E-state index in [1.54, 1.807) is 0 Å². The maximum Gasteiger partial charge on any atom is 0.472 e. The van der Waals surface area contributed by atoms with Crippen molar-refractivity contribution in [3.8, 4) is 0 Å². The molecule has 0 radical (unpaired) electrons. The van der Waals surface area contributed by atoms with Crippen molar-refractivity contribution >= 4 is 19.8 Å². The van der Waals surface area contributed by atoms with Gasteiger partial charge in [0, 0.05) is 12.8 Å². The third-order valence-corrected chi connectivity index (χ3v) is 10.4. The van der Waals surface area contributed by atoms with Gasteiger partial charge in [0.2, 0.25) is 0 Å². The molecule has 0 saturated heterocycles. The number of hydrogen-bond acceptors (Lipinski definition) is 9. The maximum atomic E-state index is 12.6. The molecule has 0 saturated carbocycles. The van der Waals surface area contributed by atoms with E-state index in [-0.39, 0.29) is 19.4 Å². The average molecular weight is 827 g/mol. The highest BCUT2D eigenvalue weighted by atomic mass is 31.2. The summed E-state index contributed by atoms with van der Waals surface area (Å²) in [5, 5.41) is 18.3. The number of allylic oxidation sites excluding steroid dienone is 8. The van der Waals surface area contributed by atoms with E-state index in [9.17, 15) is 24.2 Å². The van der Waals surface area contributed by atoms with E-state index in [1.807, 2.05) is 0 Å². The fraction of sp³-hybridized carbons (Fsp3) is 0.783. The van der Waals surface area contributed by atoms with Gasteiger partial charge in [-0.15, -0.1) is 0 Å². The smallest absolute Gasteiger partial charge is 0.462 e. The van der Waals surface area contributed by atoms with E-state index in [0.29, 0.717) is 12.8 Å². The first-order valence-electron chi connectivity index (χ1n) is 22.6. The summed E-state index contributed by atoms with van der Waals surface area (Å²) < 4.78 is 32.7. The summed E-state index contributed by atoms with van der Waals surface area (Å²) in [6.45, 7) is 2.25. The third kappa shape index (κ3) is 41.9. The Hall–Kier alpha value is -2.07. The van der Waals surface area contributed by atoms with Gasteiger partial charge in [-0.2, -0.15) is 0 Å². The molecule has 57 heavy (non-hydrogen) atoms. The molecule has 0 aliphatic heterocycles. The molecule has 0 spiro atoms. The van der Waals surface area contributed by atoms with E-state index in [0.717, 1.165) is 70.6 Å². The monoisotopic (exact) mass is 827 g/mol. The summed E-state index contributed by atoms with van der Waals surface area (Å²) in [5.41, 5.74) is 0. The minimum atomic E-state index is -4.62. The van der Waals surface area contributed by atoms with Gasteiger partial charge in [-0.05, 0) is 70.6 Å². The van der Waals surface area contributed by atoms with E-state index in [1.165, 1.54) is 83.5 Å². The molecule has 0 aliphatic rings. The Morgan fingerprint density at radius 2 is 0.965 bits per heavy atom. The lowest BCUT2D eigenvalue weighted by atomic mass is 10.1. The largest absolute Gasteiger partial charge is 0.472 e. The lowest BCUT2D eigenvalue weighted by Crippen LogP contribution is -2.29. The van der Waals surface area contributed by atoms with Gasteiger partial charge < -0.3 is 24.6 Å².